The van der Waals surface area contributed by atoms with E-state index in [1.54, 1.807) is 29.2 Å². The molecule has 0 aromatic heterocycles. The van der Waals surface area contributed by atoms with Gasteiger partial charge in [-0.25, -0.2) is 0 Å². The first-order chi connectivity index (χ1) is 15.9. The van der Waals surface area contributed by atoms with Crippen LogP contribution in [-0.2, 0) is 16.1 Å². The molecule has 1 atom stereocenters. The van der Waals surface area contributed by atoms with Crippen molar-refractivity contribution in [2.75, 3.05) is 16.8 Å². The van der Waals surface area contributed by atoms with Gasteiger partial charge < -0.3 is 15.5 Å². The monoisotopic (exact) mass is 441 g/mol. The van der Waals surface area contributed by atoms with Gasteiger partial charge in [-0.2, -0.15) is 0 Å². The molecule has 3 aromatic carbocycles. The zero-order chi connectivity index (χ0) is 23.4. The summed E-state index contributed by atoms with van der Waals surface area (Å²) in [5, 5.41) is 5.80. The quantitative estimate of drug-likeness (QED) is 0.601. The molecule has 2 N–H and O–H groups in total. The summed E-state index contributed by atoms with van der Waals surface area (Å²) in [5.74, 6) is -1.10. The normalized spacial score (nSPS) is 15.4. The van der Waals surface area contributed by atoms with Gasteiger partial charge in [0.15, 0.2) is 0 Å². The van der Waals surface area contributed by atoms with E-state index >= 15 is 0 Å². The molecule has 6 heteroatoms. The van der Waals surface area contributed by atoms with E-state index in [9.17, 15) is 14.4 Å². The highest BCUT2D eigenvalue weighted by atomic mass is 16.2. The fourth-order valence-corrected chi connectivity index (χ4v) is 4.03. The maximum atomic E-state index is 13.0. The lowest BCUT2D eigenvalue weighted by atomic mass is 10.1. The second-order valence-corrected chi connectivity index (χ2v) is 8.39. The number of carbonyl (C=O) groups is 3. The summed E-state index contributed by atoms with van der Waals surface area (Å²) < 4.78 is 0. The molecular weight excluding hydrogens is 414 g/mol. The zero-order valence-electron chi connectivity index (χ0n) is 18.8. The molecule has 0 saturated carbocycles. The maximum Gasteiger partial charge on any atom is 0.253 e. The van der Waals surface area contributed by atoms with Gasteiger partial charge in [-0.15, -0.1) is 0 Å². The molecule has 33 heavy (non-hydrogen) atoms. The minimum absolute atomic E-state index is 0.0787. The lowest BCUT2D eigenvalue weighted by molar-refractivity contribution is -0.122. The van der Waals surface area contributed by atoms with E-state index in [0.717, 1.165) is 22.4 Å². The SMILES string of the molecule is Cc1cccc(N2C[C@H](C(=O)Nc3ccccc3C(=O)NCc3ccccc3C)CC2=O)c1. The van der Waals surface area contributed by atoms with Crippen LogP contribution in [0.4, 0.5) is 11.4 Å². The van der Waals surface area contributed by atoms with Gasteiger partial charge in [0.2, 0.25) is 11.8 Å². The number of rotatable bonds is 6. The number of nitrogens with one attached hydrogen (secondary N) is 2. The van der Waals surface area contributed by atoms with Crippen molar-refractivity contribution in [3.8, 4) is 0 Å². The summed E-state index contributed by atoms with van der Waals surface area (Å²) in [5.41, 5.74) is 4.81. The number of hydrogen-bond acceptors (Lipinski definition) is 3. The van der Waals surface area contributed by atoms with Crippen LogP contribution in [0.25, 0.3) is 0 Å². The highest BCUT2D eigenvalue weighted by Crippen LogP contribution is 2.27. The molecule has 168 valence electrons. The van der Waals surface area contributed by atoms with Crippen LogP contribution < -0.4 is 15.5 Å². The lowest BCUT2D eigenvalue weighted by Gasteiger charge is -2.18. The molecular formula is C27H27N3O3. The Balaban J connectivity index is 1.43. The third kappa shape index (κ3) is 5.12. The molecule has 4 rings (SSSR count). The van der Waals surface area contributed by atoms with E-state index in [1.165, 1.54) is 0 Å². The van der Waals surface area contributed by atoms with Gasteiger partial charge in [0.25, 0.3) is 5.91 Å². The molecule has 1 aliphatic heterocycles. The summed E-state index contributed by atoms with van der Waals surface area (Å²) in [7, 11) is 0. The molecule has 6 nitrogen and oxygen atoms in total. The van der Waals surface area contributed by atoms with Crippen molar-refractivity contribution in [1.82, 2.24) is 5.32 Å². The fourth-order valence-electron chi connectivity index (χ4n) is 4.03. The van der Waals surface area contributed by atoms with Crippen LogP contribution in [0.1, 0.15) is 33.5 Å². The highest BCUT2D eigenvalue weighted by molar-refractivity contribution is 6.07. The molecule has 0 unspecified atom stereocenters. The second-order valence-electron chi connectivity index (χ2n) is 8.39. The molecule has 0 aliphatic carbocycles. The van der Waals surface area contributed by atoms with Crippen molar-refractivity contribution in [3.63, 3.8) is 0 Å². The Morgan fingerprint density at radius 1 is 0.970 bits per heavy atom. The largest absolute Gasteiger partial charge is 0.348 e. The first-order valence-electron chi connectivity index (χ1n) is 11.0. The van der Waals surface area contributed by atoms with Crippen LogP contribution in [0.5, 0.6) is 0 Å². The third-order valence-electron chi connectivity index (χ3n) is 5.94. The average Bonchev–Trinajstić information content (AvgIpc) is 3.20. The van der Waals surface area contributed by atoms with E-state index in [4.69, 9.17) is 0 Å². The van der Waals surface area contributed by atoms with Crippen LogP contribution in [0, 0.1) is 19.8 Å². The summed E-state index contributed by atoms with van der Waals surface area (Å²) >= 11 is 0. The van der Waals surface area contributed by atoms with Gasteiger partial charge in [0, 0.05) is 25.2 Å². The van der Waals surface area contributed by atoms with Crippen molar-refractivity contribution in [2.45, 2.75) is 26.8 Å². The van der Waals surface area contributed by atoms with Gasteiger partial charge in [0.05, 0.1) is 17.2 Å². The third-order valence-corrected chi connectivity index (χ3v) is 5.94. The minimum Gasteiger partial charge on any atom is -0.348 e. The van der Waals surface area contributed by atoms with E-state index in [0.29, 0.717) is 24.3 Å². The Labute approximate surface area is 193 Å². The highest BCUT2D eigenvalue weighted by Gasteiger charge is 2.35. The number of hydrogen-bond donors (Lipinski definition) is 2. The number of para-hydroxylation sites is 1. The smallest absolute Gasteiger partial charge is 0.253 e. The van der Waals surface area contributed by atoms with E-state index < -0.39 is 5.92 Å². The number of anilines is 2. The predicted molar refractivity (Wildman–Crippen MR) is 129 cm³/mol. The molecule has 1 saturated heterocycles. The Morgan fingerprint density at radius 3 is 2.52 bits per heavy atom. The van der Waals surface area contributed by atoms with Crippen molar-refractivity contribution in [1.29, 1.82) is 0 Å². The average molecular weight is 442 g/mol. The molecule has 1 aliphatic rings. The lowest BCUT2D eigenvalue weighted by Crippen LogP contribution is -2.29. The number of aryl methyl sites for hydroxylation is 2. The van der Waals surface area contributed by atoms with Gasteiger partial charge in [0.1, 0.15) is 0 Å². The van der Waals surface area contributed by atoms with E-state index in [-0.39, 0.29) is 24.1 Å². The topological polar surface area (TPSA) is 78.5 Å². The van der Waals surface area contributed by atoms with Crippen molar-refractivity contribution < 1.29 is 14.4 Å². The molecule has 1 fully saturated rings. The Hall–Kier alpha value is -3.93. The van der Waals surface area contributed by atoms with Crippen LogP contribution in [0.15, 0.2) is 72.8 Å². The van der Waals surface area contributed by atoms with E-state index in [1.807, 2.05) is 62.4 Å². The van der Waals surface area contributed by atoms with Crippen molar-refractivity contribution >= 4 is 29.1 Å². The Morgan fingerprint density at radius 2 is 1.73 bits per heavy atom. The fraction of sp³-hybridized carbons (Fsp3) is 0.222. The van der Waals surface area contributed by atoms with Crippen molar-refractivity contribution in [3.05, 3.63) is 95.1 Å². The predicted octanol–water partition coefficient (Wildman–Crippen LogP) is 4.23. The maximum absolute atomic E-state index is 13.0. The first-order valence-corrected chi connectivity index (χ1v) is 11.0. The second kappa shape index (κ2) is 9.69. The molecule has 1 heterocycles. The Bertz CT molecular complexity index is 1200. The van der Waals surface area contributed by atoms with Crippen molar-refractivity contribution in [2.24, 2.45) is 5.92 Å². The number of benzene rings is 3. The molecule has 3 amide bonds. The molecule has 0 radical (unpaired) electrons. The number of carbonyl (C=O) groups excluding carboxylic acids is 3. The van der Waals surface area contributed by atoms with Crippen LogP contribution in [0.3, 0.4) is 0 Å². The Kier molecular flexibility index (Phi) is 6.54. The number of amides is 3. The van der Waals surface area contributed by atoms with Crippen LogP contribution in [0.2, 0.25) is 0 Å². The molecule has 3 aromatic rings. The van der Waals surface area contributed by atoms with Crippen LogP contribution >= 0.6 is 0 Å². The summed E-state index contributed by atoms with van der Waals surface area (Å²) in [6.07, 6.45) is 0.140. The zero-order valence-corrected chi connectivity index (χ0v) is 18.8. The summed E-state index contributed by atoms with van der Waals surface area (Å²) in [6.45, 7) is 4.68. The van der Waals surface area contributed by atoms with Gasteiger partial charge in [-0.05, 0) is 54.8 Å². The standard InChI is InChI=1S/C27H27N3O3/c1-18-8-7-11-22(14-18)30-17-21(15-25(30)31)26(32)29-24-13-6-5-12-23(24)27(33)28-16-20-10-4-3-9-19(20)2/h3-14,21H,15-17H2,1-2H3,(H,28,33)(H,29,32)/t21-/m1/s1. The minimum atomic E-state index is -0.485. The van der Waals surface area contributed by atoms with Gasteiger partial charge in [-0.3, -0.25) is 14.4 Å². The van der Waals surface area contributed by atoms with Crippen LogP contribution in [-0.4, -0.2) is 24.3 Å². The first kappa shape index (κ1) is 22.3. The molecule has 0 bridgehead atoms. The van der Waals surface area contributed by atoms with Gasteiger partial charge in [-0.1, -0.05) is 48.5 Å². The summed E-state index contributed by atoms with van der Waals surface area (Å²) in [4.78, 5) is 40.0. The molecule has 0 spiro atoms. The van der Waals surface area contributed by atoms with E-state index in [2.05, 4.69) is 10.6 Å². The summed E-state index contributed by atoms with van der Waals surface area (Å²) in [6, 6.07) is 22.5. The number of nitrogens with zero attached hydrogens (tertiary/aromatic N) is 1. The van der Waals surface area contributed by atoms with Gasteiger partial charge >= 0.3 is 0 Å².